The van der Waals surface area contributed by atoms with Gasteiger partial charge in [0.1, 0.15) is 18.5 Å². The van der Waals surface area contributed by atoms with Crippen LogP contribution in [0.2, 0.25) is 0 Å². The first-order chi connectivity index (χ1) is 14.9. The zero-order chi connectivity index (χ0) is 21.8. The second-order valence-electron chi connectivity index (χ2n) is 8.72. The fourth-order valence-corrected chi connectivity index (χ4v) is 4.31. The first-order valence-corrected chi connectivity index (χ1v) is 11.0. The zero-order valence-electron chi connectivity index (χ0n) is 18.9. The highest BCUT2D eigenvalue weighted by Crippen LogP contribution is 2.32. The minimum absolute atomic E-state index is 0.110. The fraction of sp³-hybridized carbons (Fsp3) is 0.423. The van der Waals surface area contributed by atoms with E-state index in [1.54, 1.807) is 6.20 Å². The molecule has 1 saturated heterocycles. The van der Waals surface area contributed by atoms with Crippen LogP contribution >= 0.6 is 0 Å². The van der Waals surface area contributed by atoms with Crippen molar-refractivity contribution in [2.75, 3.05) is 13.2 Å². The van der Waals surface area contributed by atoms with E-state index in [0.29, 0.717) is 19.8 Å². The Balaban J connectivity index is 1.43. The second kappa shape index (κ2) is 9.25. The molecule has 0 amide bonds. The lowest BCUT2D eigenvalue weighted by Gasteiger charge is -2.29. The molecule has 31 heavy (non-hydrogen) atoms. The number of imidazole rings is 1. The Kier molecular flexibility index (Phi) is 6.44. The van der Waals surface area contributed by atoms with Crippen LogP contribution in [0.4, 0.5) is 0 Å². The molecule has 4 rings (SSSR count). The maximum atomic E-state index is 6.50. The van der Waals surface area contributed by atoms with Crippen molar-refractivity contribution in [1.82, 2.24) is 9.55 Å². The monoisotopic (exact) mass is 420 g/mol. The van der Waals surface area contributed by atoms with Gasteiger partial charge in [-0.1, -0.05) is 47.5 Å². The van der Waals surface area contributed by atoms with E-state index in [4.69, 9.17) is 14.2 Å². The highest BCUT2D eigenvalue weighted by atomic mass is 16.8. The molecule has 0 spiro atoms. The van der Waals surface area contributed by atoms with E-state index in [0.717, 1.165) is 29.7 Å². The molecule has 1 aliphatic rings. The number of nitrogens with zero attached hydrogens (tertiary/aromatic N) is 2. The molecule has 164 valence electrons. The summed E-state index contributed by atoms with van der Waals surface area (Å²) in [5.41, 5.74) is 6.11. The minimum atomic E-state index is -0.684. The third kappa shape index (κ3) is 5.35. The predicted octanol–water partition coefficient (Wildman–Crippen LogP) is 4.94. The van der Waals surface area contributed by atoms with E-state index in [-0.39, 0.29) is 6.10 Å². The number of benzene rings is 2. The van der Waals surface area contributed by atoms with Crippen LogP contribution in [0.15, 0.2) is 55.1 Å². The van der Waals surface area contributed by atoms with E-state index in [1.807, 2.05) is 17.1 Å². The summed E-state index contributed by atoms with van der Waals surface area (Å²) < 4.78 is 21.0. The lowest BCUT2D eigenvalue weighted by molar-refractivity contribution is -0.184. The third-order valence-corrected chi connectivity index (χ3v) is 5.83. The van der Waals surface area contributed by atoms with Gasteiger partial charge in [0.15, 0.2) is 5.79 Å². The molecule has 1 fully saturated rings. The summed E-state index contributed by atoms with van der Waals surface area (Å²) in [6.45, 7) is 10.00. The van der Waals surface area contributed by atoms with Crippen LogP contribution < -0.4 is 4.74 Å². The fourth-order valence-electron chi connectivity index (χ4n) is 4.31. The van der Waals surface area contributed by atoms with Gasteiger partial charge in [-0.3, -0.25) is 0 Å². The summed E-state index contributed by atoms with van der Waals surface area (Å²) in [6.07, 6.45) is 7.09. The number of aromatic nitrogens is 2. The van der Waals surface area contributed by atoms with Gasteiger partial charge in [0, 0.05) is 18.8 Å². The molecular formula is C26H32N2O3. The Morgan fingerprint density at radius 3 is 2.48 bits per heavy atom. The molecule has 2 aromatic carbocycles. The van der Waals surface area contributed by atoms with Gasteiger partial charge in [-0.15, -0.1) is 0 Å². The van der Waals surface area contributed by atoms with Gasteiger partial charge < -0.3 is 18.8 Å². The summed E-state index contributed by atoms with van der Waals surface area (Å²) in [7, 11) is 0. The quantitative estimate of drug-likeness (QED) is 0.518. The van der Waals surface area contributed by atoms with Crippen LogP contribution in [-0.4, -0.2) is 34.7 Å². The number of rotatable bonds is 8. The Bertz CT molecular complexity index is 975. The van der Waals surface area contributed by atoms with Crippen molar-refractivity contribution >= 4 is 0 Å². The van der Waals surface area contributed by atoms with Crippen molar-refractivity contribution in [2.24, 2.45) is 0 Å². The van der Waals surface area contributed by atoms with Crippen molar-refractivity contribution in [3.05, 3.63) is 82.9 Å². The van der Waals surface area contributed by atoms with Gasteiger partial charge in [0.25, 0.3) is 0 Å². The Hall–Kier alpha value is -2.63. The predicted molar refractivity (Wildman–Crippen MR) is 121 cm³/mol. The Morgan fingerprint density at radius 1 is 1.06 bits per heavy atom. The van der Waals surface area contributed by atoms with Crippen LogP contribution in [-0.2, 0) is 22.4 Å². The molecule has 1 aliphatic heterocycles. The van der Waals surface area contributed by atoms with E-state index < -0.39 is 5.79 Å². The lowest BCUT2D eigenvalue weighted by atomic mass is 10.0. The van der Waals surface area contributed by atoms with Crippen LogP contribution in [0.3, 0.4) is 0 Å². The largest absolute Gasteiger partial charge is 0.490 e. The Morgan fingerprint density at radius 2 is 1.81 bits per heavy atom. The number of hydrogen-bond donors (Lipinski definition) is 0. The first-order valence-electron chi connectivity index (χ1n) is 11.0. The maximum absolute atomic E-state index is 6.50. The summed E-state index contributed by atoms with van der Waals surface area (Å²) in [4.78, 5) is 4.17. The smallest absolute Gasteiger partial charge is 0.187 e. The molecule has 5 nitrogen and oxygen atoms in total. The molecule has 0 bridgehead atoms. The van der Waals surface area contributed by atoms with E-state index in [9.17, 15) is 0 Å². The highest BCUT2D eigenvalue weighted by molar-refractivity contribution is 5.42. The van der Waals surface area contributed by atoms with Crippen LogP contribution in [0, 0.1) is 27.7 Å². The summed E-state index contributed by atoms with van der Waals surface area (Å²) >= 11 is 0. The SMILES string of the molecule is Cc1ccc(CCC2(Cn3ccnc3)OCC(COc3c(C)cc(C)cc3C)O2)cc1. The van der Waals surface area contributed by atoms with Crippen LogP contribution in [0.5, 0.6) is 5.75 Å². The van der Waals surface area contributed by atoms with Gasteiger partial charge in [-0.25, -0.2) is 4.98 Å². The van der Waals surface area contributed by atoms with Gasteiger partial charge >= 0.3 is 0 Å². The first kappa shape index (κ1) is 21.6. The molecule has 0 aliphatic carbocycles. The average Bonchev–Trinajstić information content (AvgIpc) is 3.37. The molecule has 2 unspecified atom stereocenters. The standard InChI is InChI=1S/C26H32N2O3/c1-19-5-7-23(8-6-19)9-10-26(17-28-12-11-27-18-28)30-16-24(31-26)15-29-25-21(3)13-20(2)14-22(25)4/h5-8,11-14,18,24H,9-10,15-17H2,1-4H3. The molecule has 2 atom stereocenters. The minimum Gasteiger partial charge on any atom is -0.490 e. The molecule has 0 saturated carbocycles. The molecular weight excluding hydrogens is 388 g/mol. The van der Waals surface area contributed by atoms with E-state index in [1.165, 1.54) is 16.7 Å². The summed E-state index contributed by atoms with van der Waals surface area (Å²) in [6, 6.07) is 13.0. The summed E-state index contributed by atoms with van der Waals surface area (Å²) in [5.74, 6) is 0.262. The number of aryl methyl sites for hydroxylation is 5. The third-order valence-electron chi connectivity index (χ3n) is 5.83. The van der Waals surface area contributed by atoms with Crippen molar-refractivity contribution in [1.29, 1.82) is 0 Å². The average molecular weight is 421 g/mol. The van der Waals surface area contributed by atoms with Crippen LogP contribution in [0.1, 0.15) is 34.2 Å². The zero-order valence-corrected chi connectivity index (χ0v) is 18.9. The van der Waals surface area contributed by atoms with Crippen molar-refractivity contribution < 1.29 is 14.2 Å². The van der Waals surface area contributed by atoms with Crippen molar-refractivity contribution in [3.8, 4) is 5.75 Å². The van der Waals surface area contributed by atoms with E-state index in [2.05, 4.69) is 69.1 Å². The number of ether oxygens (including phenoxy) is 3. The van der Waals surface area contributed by atoms with Gasteiger partial charge in [0.05, 0.1) is 19.5 Å². The normalized spacial score (nSPS) is 20.8. The molecule has 0 radical (unpaired) electrons. The second-order valence-corrected chi connectivity index (χ2v) is 8.72. The van der Waals surface area contributed by atoms with Gasteiger partial charge in [0.2, 0.25) is 0 Å². The highest BCUT2D eigenvalue weighted by Gasteiger charge is 2.42. The molecule has 2 heterocycles. The lowest BCUT2D eigenvalue weighted by Crippen LogP contribution is -2.37. The topological polar surface area (TPSA) is 45.5 Å². The van der Waals surface area contributed by atoms with Gasteiger partial charge in [-0.2, -0.15) is 0 Å². The van der Waals surface area contributed by atoms with E-state index >= 15 is 0 Å². The van der Waals surface area contributed by atoms with Gasteiger partial charge in [-0.05, 0) is 50.8 Å². The summed E-state index contributed by atoms with van der Waals surface area (Å²) in [5, 5.41) is 0. The molecule has 3 aromatic rings. The van der Waals surface area contributed by atoms with Crippen molar-refractivity contribution in [2.45, 2.75) is 59.0 Å². The van der Waals surface area contributed by atoms with Crippen molar-refractivity contribution in [3.63, 3.8) is 0 Å². The Labute approximate surface area is 185 Å². The molecule has 1 aromatic heterocycles. The maximum Gasteiger partial charge on any atom is 0.187 e. The van der Waals surface area contributed by atoms with Crippen LogP contribution in [0.25, 0.3) is 0 Å². The number of hydrogen-bond acceptors (Lipinski definition) is 4. The molecule has 0 N–H and O–H groups in total. The molecule has 5 heteroatoms.